The quantitative estimate of drug-likeness (QED) is 0.508. The minimum Gasteiger partial charge on any atom is -0.494 e. The van der Waals surface area contributed by atoms with Crippen LogP contribution >= 0.6 is 0 Å². The van der Waals surface area contributed by atoms with Crippen molar-refractivity contribution in [1.29, 1.82) is 0 Å². The van der Waals surface area contributed by atoms with Gasteiger partial charge in [0.1, 0.15) is 12.4 Å². The molecule has 0 spiro atoms. The Bertz CT molecular complexity index is 265. The highest BCUT2D eigenvalue weighted by atomic mass is 16.5. The number of hydrogen-bond acceptors (Lipinski definition) is 2. The van der Waals surface area contributed by atoms with Crippen LogP contribution in [0.3, 0.4) is 0 Å². The molecule has 0 radical (unpaired) electrons. The molecule has 0 aromatic heterocycles. The highest BCUT2D eigenvalue weighted by molar-refractivity contribution is 5.93. The molecule has 11 heavy (non-hydrogen) atoms. The van der Waals surface area contributed by atoms with Crippen LogP contribution in [0.1, 0.15) is 6.92 Å². The summed E-state index contributed by atoms with van der Waals surface area (Å²) in [4.78, 5) is 12.8. The van der Waals surface area contributed by atoms with Crippen molar-refractivity contribution in [2.45, 2.75) is 6.92 Å². The Hall–Kier alpha value is -1.25. The van der Waals surface area contributed by atoms with Crippen LogP contribution in [0.2, 0.25) is 0 Å². The van der Waals surface area contributed by atoms with Crippen molar-refractivity contribution in [2.24, 2.45) is 0 Å². The molecule has 0 saturated carbocycles. The number of amides is 1. The van der Waals surface area contributed by atoms with Crippen molar-refractivity contribution in [1.82, 2.24) is 4.90 Å². The monoisotopic (exact) mass is 151 g/mol. The van der Waals surface area contributed by atoms with Gasteiger partial charge < -0.3 is 9.64 Å². The van der Waals surface area contributed by atoms with E-state index in [9.17, 15) is 4.79 Å². The van der Waals surface area contributed by atoms with E-state index in [0.717, 1.165) is 11.5 Å². The van der Waals surface area contributed by atoms with E-state index in [0.29, 0.717) is 13.2 Å². The van der Waals surface area contributed by atoms with E-state index < -0.39 is 0 Å². The third-order valence-electron chi connectivity index (χ3n) is 1.93. The molecule has 2 aliphatic heterocycles. The van der Waals surface area contributed by atoms with Crippen molar-refractivity contribution < 1.29 is 9.53 Å². The molecule has 0 aliphatic carbocycles. The van der Waals surface area contributed by atoms with Crippen molar-refractivity contribution in [3.05, 3.63) is 23.6 Å². The molecule has 2 aliphatic rings. The second-order valence-corrected chi connectivity index (χ2v) is 2.61. The average Bonchev–Trinajstić information content (AvgIpc) is 2.35. The van der Waals surface area contributed by atoms with Gasteiger partial charge in [0, 0.05) is 6.08 Å². The lowest BCUT2D eigenvalue weighted by molar-refractivity contribution is -0.124. The van der Waals surface area contributed by atoms with Gasteiger partial charge >= 0.3 is 0 Å². The molecule has 2 heterocycles. The van der Waals surface area contributed by atoms with Crippen LogP contribution in [0.4, 0.5) is 0 Å². The zero-order chi connectivity index (χ0) is 7.84. The fraction of sp³-hybridized carbons (Fsp3) is 0.375. The van der Waals surface area contributed by atoms with Gasteiger partial charge in [-0.3, -0.25) is 4.79 Å². The normalized spacial score (nSPS) is 22.3. The smallest absolute Gasteiger partial charge is 0.251 e. The molecule has 3 heteroatoms. The summed E-state index contributed by atoms with van der Waals surface area (Å²) in [5.74, 6) is 0.918. The van der Waals surface area contributed by atoms with E-state index in [1.54, 1.807) is 17.1 Å². The van der Waals surface area contributed by atoms with Crippen molar-refractivity contribution >= 4 is 5.91 Å². The van der Waals surface area contributed by atoms with Gasteiger partial charge in [-0.2, -0.15) is 0 Å². The van der Waals surface area contributed by atoms with E-state index in [4.69, 9.17) is 4.74 Å². The van der Waals surface area contributed by atoms with Crippen molar-refractivity contribution in [3.8, 4) is 0 Å². The number of ether oxygens (including phenoxy) is 1. The van der Waals surface area contributed by atoms with Crippen LogP contribution in [0.15, 0.2) is 23.6 Å². The number of hydrogen-bond donors (Lipinski definition) is 0. The molecule has 1 amide bonds. The summed E-state index contributed by atoms with van der Waals surface area (Å²) >= 11 is 0. The average molecular weight is 151 g/mol. The lowest BCUT2D eigenvalue weighted by atomic mass is 10.3. The maximum atomic E-state index is 11.1. The van der Waals surface area contributed by atoms with E-state index in [1.807, 2.05) is 6.92 Å². The number of fused-ring (bicyclic) bond motifs is 1. The van der Waals surface area contributed by atoms with Crippen LogP contribution < -0.4 is 0 Å². The Morgan fingerprint density at radius 2 is 2.36 bits per heavy atom. The minimum atomic E-state index is 0.0719. The van der Waals surface area contributed by atoms with Crippen LogP contribution in [0.5, 0.6) is 0 Å². The Balaban J connectivity index is 2.40. The van der Waals surface area contributed by atoms with Gasteiger partial charge in [0.2, 0.25) is 0 Å². The van der Waals surface area contributed by atoms with Gasteiger partial charge in [0.15, 0.2) is 0 Å². The largest absolute Gasteiger partial charge is 0.494 e. The molecular weight excluding hydrogens is 142 g/mol. The van der Waals surface area contributed by atoms with Crippen LogP contribution in [-0.2, 0) is 9.53 Å². The van der Waals surface area contributed by atoms with E-state index in [1.165, 1.54) is 0 Å². The number of carbonyl (C=O) groups excluding carboxylic acids is 1. The summed E-state index contributed by atoms with van der Waals surface area (Å²) in [7, 11) is 0. The number of allylic oxidation sites excluding steroid dienone is 2. The lowest BCUT2D eigenvalue weighted by Gasteiger charge is -2.25. The first-order valence-corrected chi connectivity index (χ1v) is 3.62. The van der Waals surface area contributed by atoms with E-state index in [-0.39, 0.29) is 5.91 Å². The minimum absolute atomic E-state index is 0.0719. The summed E-state index contributed by atoms with van der Waals surface area (Å²) in [6.45, 7) is 3.17. The Morgan fingerprint density at radius 3 is 3.09 bits per heavy atom. The molecule has 0 aromatic carbocycles. The van der Waals surface area contributed by atoms with Gasteiger partial charge in [-0.05, 0) is 13.0 Å². The number of carbonyl (C=O) groups is 1. The maximum absolute atomic E-state index is 11.1. The topological polar surface area (TPSA) is 29.5 Å². The first-order valence-electron chi connectivity index (χ1n) is 3.62. The molecule has 0 unspecified atom stereocenters. The van der Waals surface area contributed by atoms with E-state index >= 15 is 0 Å². The fourth-order valence-electron chi connectivity index (χ4n) is 1.35. The standard InChI is InChI=1S/C8H9NO2/c1-6-7-2-3-8(10)9(7)4-5-11-6/h2-3H,4-5H2,1H3. The first-order chi connectivity index (χ1) is 5.29. The zero-order valence-corrected chi connectivity index (χ0v) is 6.33. The van der Waals surface area contributed by atoms with E-state index in [2.05, 4.69) is 0 Å². The second kappa shape index (κ2) is 2.12. The Labute approximate surface area is 64.9 Å². The second-order valence-electron chi connectivity index (χ2n) is 2.61. The molecule has 0 N–H and O–H groups in total. The molecule has 58 valence electrons. The maximum Gasteiger partial charge on any atom is 0.251 e. The molecule has 2 rings (SSSR count). The molecule has 0 saturated heterocycles. The molecule has 0 fully saturated rings. The summed E-state index contributed by atoms with van der Waals surface area (Å²) < 4.78 is 5.27. The van der Waals surface area contributed by atoms with Crippen LogP contribution in [0, 0.1) is 0 Å². The van der Waals surface area contributed by atoms with Crippen molar-refractivity contribution in [3.63, 3.8) is 0 Å². The van der Waals surface area contributed by atoms with Crippen LogP contribution in [0.25, 0.3) is 0 Å². The highest BCUT2D eigenvalue weighted by Crippen LogP contribution is 2.22. The first kappa shape index (κ1) is 6.46. The SMILES string of the molecule is CC1=C2C=CC(=O)N2CCO1. The zero-order valence-electron chi connectivity index (χ0n) is 6.33. The molecule has 0 atom stereocenters. The molecule has 0 aromatic rings. The predicted octanol–water partition coefficient (Wildman–Crippen LogP) is 0.647. The number of nitrogens with zero attached hydrogens (tertiary/aromatic N) is 1. The van der Waals surface area contributed by atoms with Crippen molar-refractivity contribution in [2.75, 3.05) is 13.2 Å². The third kappa shape index (κ3) is 0.843. The van der Waals surface area contributed by atoms with Crippen LogP contribution in [-0.4, -0.2) is 24.0 Å². The summed E-state index contributed by atoms with van der Waals surface area (Å²) in [6.07, 6.45) is 3.38. The van der Waals surface area contributed by atoms with Gasteiger partial charge in [-0.1, -0.05) is 0 Å². The lowest BCUT2D eigenvalue weighted by Crippen LogP contribution is -2.32. The summed E-state index contributed by atoms with van der Waals surface area (Å²) in [5, 5.41) is 0. The fourth-order valence-corrected chi connectivity index (χ4v) is 1.35. The van der Waals surface area contributed by atoms with Gasteiger partial charge in [-0.25, -0.2) is 0 Å². The molecule has 0 bridgehead atoms. The summed E-state index contributed by atoms with van der Waals surface area (Å²) in [5.41, 5.74) is 0.918. The number of rotatable bonds is 0. The Kier molecular flexibility index (Phi) is 1.24. The van der Waals surface area contributed by atoms with Gasteiger partial charge in [0.25, 0.3) is 5.91 Å². The Morgan fingerprint density at radius 1 is 1.55 bits per heavy atom. The molecular formula is C8H9NO2. The highest BCUT2D eigenvalue weighted by Gasteiger charge is 2.25. The predicted molar refractivity (Wildman–Crippen MR) is 39.5 cm³/mol. The van der Waals surface area contributed by atoms with Gasteiger partial charge in [-0.15, -0.1) is 0 Å². The van der Waals surface area contributed by atoms with Gasteiger partial charge in [0.05, 0.1) is 12.2 Å². The third-order valence-corrected chi connectivity index (χ3v) is 1.93. The summed E-state index contributed by atoms with van der Waals surface area (Å²) in [6, 6.07) is 0. The molecule has 3 nitrogen and oxygen atoms in total.